The van der Waals surface area contributed by atoms with Gasteiger partial charge in [0.2, 0.25) is 5.95 Å². The van der Waals surface area contributed by atoms with Gasteiger partial charge in [-0.2, -0.15) is 0 Å². The first-order valence-electron chi connectivity index (χ1n) is 7.38. The maximum Gasteiger partial charge on any atom is 0.205 e. The van der Waals surface area contributed by atoms with Gasteiger partial charge in [-0.05, 0) is 26.2 Å². The van der Waals surface area contributed by atoms with E-state index in [4.69, 9.17) is 15.5 Å². The smallest absolute Gasteiger partial charge is 0.205 e. The predicted octanol–water partition coefficient (Wildman–Crippen LogP) is 1.41. The van der Waals surface area contributed by atoms with Crippen molar-refractivity contribution in [3.05, 3.63) is 11.9 Å². The summed E-state index contributed by atoms with van der Waals surface area (Å²) in [7, 11) is 0. The van der Waals surface area contributed by atoms with Gasteiger partial charge in [0.25, 0.3) is 0 Å². The van der Waals surface area contributed by atoms with E-state index in [0.717, 1.165) is 63.8 Å². The number of hydrogen-bond donors (Lipinski definition) is 1. The van der Waals surface area contributed by atoms with Crippen LogP contribution in [-0.2, 0) is 17.7 Å². The SMILES string of the molecule is CCOCCCn1cc(CC)nc1N1CCC(N)C1. The third-order valence-electron chi connectivity index (χ3n) is 3.57. The molecule has 5 nitrogen and oxygen atoms in total. The predicted molar refractivity (Wildman–Crippen MR) is 77.5 cm³/mol. The molecule has 1 unspecified atom stereocenters. The number of ether oxygens (including phenoxy) is 1. The van der Waals surface area contributed by atoms with E-state index in [2.05, 4.69) is 22.6 Å². The van der Waals surface area contributed by atoms with E-state index in [-0.39, 0.29) is 0 Å². The summed E-state index contributed by atoms with van der Waals surface area (Å²) in [6.07, 6.45) is 5.24. The monoisotopic (exact) mass is 266 g/mol. The molecular weight excluding hydrogens is 240 g/mol. The zero-order valence-electron chi connectivity index (χ0n) is 12.1. The molecule has 1 atom stereocenters. The van der Waals surface area contributed by atoms with Gasteiger partial charge in [-0.1, -0.05) is 6.92 Å². The highest BCUT2D eigenvalue weighted by Gasteiger charge is 2.23. The number of rotatable bonds is 7. The average molecular weight is 266 g/mol. The third kappa shape index (κ3) is 3.70. The minimum absolute atomic E-state index is 0.290. The molecule has 2 heterocycles. The second-order valence-electron chi connectivity index (χ2n) is 5.12. The Morgan fingerprint density at radius 3 is 2.95 bits per heavy atom. The van der Waals surface area contributed by atoms with Crippen molar-refractivity contribution < 1.29 is 4.74 Å². The van der Waals surface area contributed by atoms with Crippen LogP contribution in [0.1, 0.15) is 32.4 Å². The molecule has 0 aromatic carbocycles. The molecule has 1 aromatic heterocycles. The topological polar surface area (TPSA) is 56.3 Å². The molecule has 1 aliphatic rings. The molecule has 1 aliphatic heterocycles. The first kappa shape index (κ1) is 14.3. The molecule has 1 fully saturated rings. The standard InChI is InChI=1S/C14H26N4O/c1-3-13-11-17(7-5-9-19-4-2)14(16-13)18-8-6-12(15)10-18/h11-12H,3-10,15H2,1-2H3. The Bertz CT molecular complexity index is 391. The highest BCUT2D eigenvalue weighted by atomic mass is 16.5. The van der Waals surface area contributed by atoms with Gasteiger partial charge < -0.3 is 19.9 Å². The number of nitrogens with two attached hydrogens (primary N) is 1. The maximum atomic E-state index is 5.99. The maximum absolute atomic E-state index is 5.99. The lowest BCUT2D eigenvalue weighted by Gasteiger charge is -2.18. The zero-order valence-corrected chi connectivity index (χ0v) is 12.1. The van der Waals surface area contributed by atoms with Crippen molar-refractivity contribution >= 4 is 5.95 Å². The lowest BCUT2D eigenvalue weighted by molar-refractivity contribution is 0.141. The van der Waals surface area contributed by atoms with Crippen molar-refractivity contribution in [3.8, 4) is 0 Å². The van der Waals surface area contributed by atoms with Crippen molar-refractivity contribution in [1.82, 2.24) is 9.55 Å². The minimum Gasteiger partial charge on any atom is -0.382 e. The van der Waals surface area contributed by atoms with E-state index < -0.39 is 0 Å². The van der Waals surface area contributed by atoms with Crippen LogP contribution in [0.15, 0.2) is 6.20 Å². The normalized spacial score (nSPS) is 19.3. The Balaban J connectivity index is 2.01. The fourth-order valence-corrected chi connectivity index (χ4v) is 2.50. The van der Waals surface area contributed by atoms with E-state index in [0.29, 0.717) is 6.04 Å². The van der Waals surface area contributed by atoms with E-state index in [1.165, 1.54) is 0 Å². The van der Waals surface area contributed by atoms with Crippen molar-refractivity contribution in [2.45, 2.75) is 45.7 Å². The van der Waals surface area contributed by atoms with Gasteiger partial charge in [-0.25, -0.2) is 4.98 Å². The number of hydrogen-bond acceptors (Lipinski definition) is 4. The second-order valence-corrected chi connectivity index (χ2v) is 5.12. The Labute approximate surface area is 115 Å². The van der Waals surface area contributed by atoms with Gasteiger partial charge in [0.05, 0.1) is 5.69 Å². The summed E-state index contributed by atoms with van der Waals surface area (Å²) >= 11 is 0. The van der Waals surface area contributed by atoms with Gasteiger partial charge in [0.1, 0.15) is 0 Å². The second kappa shape index (κ2) is 6.91. The van der Waals surface area contributed by atoms with Gasteiger partial charge in [-0.15, -0.1) is 0 Å². The van der Waals surface area contributed by atoms with Crippen LogP contribution < -0.4 is 10.6 Å². The lowest BCUT2D eigenvalue weighted by atomic mass is 10.3. The van der Waals surface area contributed by atoms with E-state index in [1.54, 1.807) is 0 Å². The van der Waals surface area contributed by atoms with Crippen molar-refractivity contribution in [3.63, 3.8) is 0 Å². The Hall–Kier alpha value is -1.07. The van der Waals surface area contributed by atoms with Crippen LogP contribution >= 0.6 is 0 Å². The molecule has 0 aliphatic carbocycles. The van der Waals surface area contributed by atoms with E-state index in [9.17, 15) is 0 Å². The number of nitrogens with zero attached hydrogens (tertiary/aromatic N) is 3. The van der Waals surface area contributed by atoms with E-state index in [1.807, 2.05) is 6.92 Å². The van der Waals surface area contributed by atoms with Gasteiger partial charge in [-0.3, -0.25) is 0 Å². The summed E-state index contributed by atoms with van der Waals surface area (Å²) < 4.78 is 7.66. The largest absolute Gasteiger partial charge is 0.382 e. The van der Waals surface area contributed by atoms with Crippen LogP contribution in [0.25, 0.3) is 0 Å². The van der Waals surface area contributed by atoms with Crippen molar-refractivity contribution in [2.24, 2.45) is 5.73 Å². The van der Waals surface area contributed by atoms with Crippen LogP contribution in [0.4, 0.5) is 5.95 Å². The molecule has 108 valence electrons. The highest BCUT2D eigenvalue weighted by molar-refractivity contribution is 5.35. The highest BCUT2D eigenvalue weighted by Crippen LogP contribution is 2.20. The number of aryl methyl sites for hydroxylation is 2. The molecule has 2 rings (SSSR count). The quantitative estimate of drug-likeness (QED) is 0.758. The summed E-state index contributed by atoms with van der Waals surface area (Å²) in [4.78, 5) is 7.05. The van der Waals surface area contributed by atoms with E-state index >= 15 is 0 Å². The minimum atomic E-state index is 0.290. The molecular formula is C14H26N4O. The molecule has 0 bridgehead atoms. The molecule has 2 N–H and O–H groups in total. The Morgan fingerprint density at radius 2 is 2.32 bits per heavy atom. The Kier molecular flexibility index (Phi) is 5.22. The number of anilines is 1. The zero-order chi connectivity index (χ0) is 13.7. The van der Waals surface area contributed by atoms with Crippen LogP contribution in [-0.4, -0.2) is 41.9 Å². The molecule has 1 saturated heterocycles. The average Bonchev–Trinajstić information content (AvgIpc) is 3.00. The fraction of sp³-hybridized carbons (Fsp3) is 0.786. The van der Waals surface area contributed by atoms with Crippen LogP contribution in [0.3, 0.4) is 0 Å². The molecule has 0 amide bonds. The van der Waals surface area contributed by atoms with Crippen molar-refractivity contribution in [2.75, 3.05) is 31.2 Å². The molecule has 0 spiro atoms. The first-order valence-corrected chi connectivity index (χ1v) is 7.38. The fourth-order valence-electron chi connectivity index (χ4n) is 2.50. The van der Waals surface area contributed by atoms with Gasteiger partial charge in [0, 0.05) is 45.1 Å². The summed E-state index contributed by atoms with van der Waals surface area (Å²) in [5.41, 5.74) is 7.15. The lowest BCUT2D eigenvalue weighted by Crippen LogP contribution is -2.28. The van der Waals surface area contributed by atoms with Crippen LogP contribution in [0.5, 0.6) is 0 Å². The molecule has 1 aromatic rings. The van der Waals surface area contributed by atoms with Crippen LogP contribution in [0.2, 0.25) is 0 Å². The molecule has 0 radical (unpaired) electrons. The summed E-state index contributed by atoms with van der Waals surface area (Å²) in [5, 5.41) is 0. The molecule has 0 saturated carbocycles. The number of imidazole rings is 1. The van der Waals surface area contributed by atoms with Gasteiger partial charge >= 0.3 is 0 Å². The van der Waals surface area contributed by atoms with Crippen molar-refractivity contribution in [1.29, 1.82) is 0 Å². The molecule has 19 heavy (non-hydrogen) atoms. The first-order chi connectivity index (χ1) is 9.24. The Morgan fingerprint density at radius 1 is 1.47 bits per heavy atom. The molecule has 5 heteroatoms. The summed E-state index contributed by atoms with van der Waals surface area (Å²) in [6, 6.07) is 0.290. The summed E-state index contributed by atoms with van der Waals surface area (Å²) in [5.74, 6) is 1.08. The third-order valence-corrected chi connectivity index (χ3v) is 3.57. The number of aromatic nitrogens is 2. The summed E-state index contributed by atoms with van der Waals surface area (Å²) in [6.45, 7) is 8.69. The van der Waals surface area contributed by atoms with Gasteiger partial charge in [0.15, 0.2) is 0 Å². The van der Waals surface area contributed by atoms with Crippen LogP contribution in [0, 0.1) is 0 Å².